The highest BCUT2D eigenvalue weighted by Gasteiger charge is 2.29. The van der Waals surface area contributed by atoms with Crippen molar-refractivity contribution in [2.45, 2.75) is 18.9 Å². The second-order valence-corrected chi connectivity index (χ2v) is 6.80. The van der Waals surface area contributed by atoms with Gasteiger partial charge in [0.15, 0.2) is 0 Å². The minimum absolute atomic E-state index is 0.0739. The van der Waals surface area contributed by atoms with Gasteiger partial charge in [0, 0.05) is 50.6 Å². The van der Waals surface area contributed by atoms with Gasteiger partial charge < -0.3 is 19.3 Å². The minimum Gasteiger partial charge on any atom is -0.481 e. The molecule has 152 valence electrons. The number of rotatable bonds is 7. The van der Waals surface area contributed by atoms with Gasteiger partial charge in [-0.05, 0) is 31.0 Å². The van der Waals surface area contributed by atoms with E-state index in [9.17, 15) is 4.79 Å². The van der Waals surface area contributed by atoms with Crippen molar-refractivity contribution in [1.29, 1.82) is 5.26 Å². The van der Waals surface area contributed by atoms with Gasteiger partial charge in [-0.15, -0.1) is 0 Å². The van der Waals surface area contributed by atoms with Crippen LogP contribution in [0.25, 0.3) is 0 Å². The number of anilines is 1. The van der Waals surface area contributed by atoms with E-state index in [-0.39, 0.29) is 11.9 Å². The van der Waals surface area contributed by atoms with Crippen molar-refractivity contribution in [3.05, 3.63) is 47.7 Å². The van der Waals surface area contributed by atoms with Crippen LogP contribution in [0.5, 0.6) is 5.88 Å². The largest absolute Gasteiger partial charge is 0.481 e. The van der Waals surface area contributed by atoms with Crippen molar-refractivity contribution >= 4 is 11.9 Å². The van der Waals surface area contributed by atoms with E-state index in [1.807, 2.05) is 4.90 Å². The van der Waals surface area contributed by atoms with E-state index >= 15 is 0 Å². The summed E-state index contributed by atoms with van der Waals surface area (Å²) in [5, 5.41) is 9.13. The van der Waals surface area contributed by atoms with Crippen LogP contribution in [0, 0.1) is 11.3 Å². The first-order chi connectivity index (χ1) is 14.2. The SMILES string of the molecule is COCCN(C(=O)c1cccc(C#N)c1)C1CCN(c2nccc(OC)n2)CC1. The number of hydrogen-bond donors (Lipinski definition) is 0. The lowest BCUT2D eigenvalue weighted by Gasteiger charge is -2.38. The van der Waals surface area contributed by atoms with Crippen LogP contribution in [0.3, 0.4) is 0 Å². The molecule has 0 N–H and O–H groups in total. The van der Waals surface area contributed by atoms with E-state index in [0.717, 1.165) is 25.9 Å². The molecule has 1 aliphatic heterocycles. The highest BCUT2D eigenvalue weighted by molar-refractivity contribution is 5.94. The Hall–Kier alpha value is -3.18. The molecule has 0 unspecified atom stereocenters. The fourth-order valence-electron chi connectivity index (χ4n) is 3.50. The molecule has 2 aromatic rings. The highest BCUT2D eigenvalue weighted by atomic mass is 16.5. The van der Waals surface area contributed by atoms with Crippen LogP contribution >= 0.6 is 0 Å². The Labute approximate surface area is 170 Å². The average Bonchev–Trinajstić information content (AvgIpc) is 2.79. The van der Waals surface area contributed by atoms with E-state index in [1.165, 1.54) is 0 Å². The molecule has 0 atom stereocenters. The number of hydrogen-bond acceptors (Lipinski definition) is 7. The first-order valence-electron chi connectivity index (χ1n) is 9.58. The van der Waals surface area contributed by atoms with Gasteiger partial charge in [-0.3, -0.25) is 4.79 Å². The second-order valence-electron chi connectivity index (χ2n) is 6.80. The van der Waals surface area contributed by atoms with E-state index in [4.69, 9.17) is 14.7 Å². The molecule has 0 bridgehead atoms. The van der Waals surface area contributed by atoms with Gasteiger partial charge in [0.2, 0.25) is 11.8 Å². The number of amides is 1. The second kappa shape index (κ2) is 9.85. The molecule has 1 amide bonds. The van der Waals surface area contributed by atoms with Crippen molar-refractivity contribution in [3.8, 4) is 11.9 Å². The molecule has 0 radical (unpaired) electrons. The van der Waals surface area contributed by atoms with Gasteiger partial charge in [0.1, 0.15) is 0 Å². The maximum atomic E-state index is 13.2. The molecule has 1 aromatic heterocycles. The number of benzene rings is 1. The normalized spacial score (nSPS) is 14.3. The lowest BCUT2D eigenvalue weighted by atomic mass is 10.0. The zero-order chi connectivity index (χ0) is 20.6. The van der Waals surface area contributed by atoms with Crippen LogP contribution in [0.2, 0.25) is 0 Å². The molecule has 1 aromatic carbocycles. The Kier molecular flexibility index (Phi) is 6.98. The lowest BCUT2D eigenvalue weighted by molar-refractivity contribution is 0.0568. The fraction of sp³-hybridized carbons (Fsp3) is 0.429. The van der Waals surface area contributed by atoms with Crippen LogP contribution in [-0.4, -0.2) is 67.3 Å². The summed E-state index contributed by atoms with van der Waals surface area (Å²) in [5.74, 6) is 1.10. The summed E-state index contributed by atoms with van der Waals surface area (Å²) < 4.78 is 10.4. The zero-order valence-corrected chi connectivity index (χ0v) is 16.7. The number of methoxy groups -OCH3 is 2. The topological polar surface area (TPSA) is 91.6 Å². The Balaban J connectivity index is 1.71. The monoisotopic (exact) mass is 395 g/mol. The molecule has 8 nitrogen and oxygen atoms in total. The van der Waals surface area contributed by atoms with Gasteiger partial charge in [0.25, 0.3) is 5.91 Å². The maximum absolute atomic E-state index is 13.2. The van der Waals surface area contributed by atoms with Gasteiger partial charge >= 0.3 is 0 Å². The Bertz CT molecular complexity index is 875. The maximum Gasteiger partial charge on any atom is 0.254 e. The van der Waals surface area contributed by atoms with Gasteiger partial charge in [-0.25, -0.2) is 4.98 Å². The summed E-state index contributed by atoms with van der Waals surface area (Å²) in [5.41, 5.74) is 1.01. The van der Waals surface area contributed by atoms with Gasteiger partial charge in [-0.2, -0.15) is 10.2 Å². The van der Waals surface area contributed by atoms with Crippen molar-refractivity contribution in [2.24, 2.45) is 0 Å². The summed E-state index contributed by atoms with van der Waals surface area (Å²) in [6.07, 6.45) is 3.28. The molecule has 3 rings (SSSR count). The standard InChI is InChI=1S/C21H25N5O3/c1-28-13-12-26(20(27)17-5-3-4-16(14-17)15-22)18-7-10-25(11-8-18)21-23-9-6-19(24-21)29-2/h3-6,9,14,18H,7-8,10-13H2,1-2H3. The average molecular weight is 395 g/mol. The summed E-state index contributed by atoms with van der Waals surface area (Å²) in [7, 11) is 3.21. The zero-order valence-electron chi connectivity index (χ0n) is 16.7. The molecule has 1 aliphatic rings. The van der Waals surface area contributed by atoms with Crippen molar-refractivity contribution in [1.82, 2.24) is 14.9 Å². The molecule has 0 aliphatic carbocycles. The van der Waals surface area contributed by atoms with E-state index < -0.39 is 0 Å². The van der Waals surface area contributed by atoms with Crippen LogP contribution < -0.4 is 9.64 Å². The van der Waals surface area contributed by atoms with E-state index in [1.54, 1.807) is 50.7 Å². The lowest BCUT2D eigenvalue weighted by Crippen LogP contribution is -2.49. The smallest absolute Gasteiger partial charge is 0.254 e. The molecule has 8 heteroatoms. The highest BCUT2D eigenvalue weighted by Crippen LogP contribution is 2.23. The Morgan fingerprint density at radius 3 is 2.79 bits per heavy atom. The molecular formula is C21H25N5O3. The number of carbonyl (C=O) groups is 1. The third-order valence-corrected chi connectivity index (χ3v) is 5.05. The van der Waals surface area contributed by atoms with Crippen LogP contribution in [0.15, 0.2) is 36.5 Å². The van der Waals surface area contributed by atoms with Crippen molar-refractivity contribution in [3.63, 3.8) is 0 Å². The van der Waals surface area contributed by atoms with Crippen LogP contribution in [0.4, 0.5) is 5.95 Å². The summed E-state index contributed by atoms with van der Waals surface area (Å²) in [6.45, 7) is 2.45. The molecular weight excluding hydrogens is 370 g/mol. The Morgan fingerprint density at radius 2 is 2.10 bits per heavy atom. The summed E-state index contributed by atoms with van der Waals surface area (Å²) >= 11 is 0. The minimum atomic E-state index is -0.0739. The third-order valence-electron chi connectivity index (χ3n) is 5.05. The molecule has 2 heterocycles. The first kappa shape index (κ1) is 20.6. The summed E-state index contributed by atoms with van der Waals surface area (Å²) in [4.78, 5) is 25.9. The molecule has 0 saturated carbocycles. The van der Waals surface area contributed by atoms with Crippen molar-refractivity contribution < 1.29 is 14.3 Å². The Morgan fingerprint density at radius 1 is 1.31 bits per heavy atom. The number of nitriles is 1. The number of nitrogens with zero attached hydrogens (tertiary/aromatic N) is 5. The number of carbonyl (C=O) groups excluding carboxylic acids is 1. The first-order valence-corrected chi connectivity index (χ1v) is 9.58. The van der Waals surface area contributed by atoms with Crippen LogP contribution in [-0.2, 0) is 4.74 Å². The fourth-order valence-corrected chi connectivity index (χ4v) is 3.50. The molecule has 1 fully saturated rings. The van der Waals surface area contributed by atoms with Crippen molar-refractivity contribution in [2.75, 3.05) is 45.4 Å². The predicted molar refractivity (Wildman–Crippen MR) is 108 cm³/mol. The van der Waals surface area contributed by atoms with Crippen LogP contribution in [0.1, 0.15) is 28.8 Å². The number of piperidine rings is 1. The van der Waals surface area contributed by atoms with E-state index in [2.05, 4.69) is 20.9 Å². The third kappa shape index (κ3) is 5.00. The molecule has 0 spiro atoms. The van der Waals surface area contributed by atoms with Gasteiger partial charge in [-0.1, -0.05) is 6.07 Å². The number of ether oxygens (including phenoxy) is 2. The van der Waals surface area contributed by atoms with Gasteiger partial charge in [0.05, 0.1) is 25.3 Å². The molecule has 1 saturated heterocycles. The summed E-state index contributed by atoms with van der Waals surface area (Å²) in [6, 6.07) is 10.7. The number of aromatic nitrogens is 2. The van der Waals surface area contributed by atoms with E-state index in [0.29, 0.717) is 36.1 Å². The predicted octanol–water partition coefficient (Wildman–Crippen LogP) is 2.11. The quantitative estimate of drug-likeness (QED) is 0.709. The molecule has 29 heavy (non-hydrogen) atoms.